The van der Waals surface area contributed by atoms with Gasteiger partial charge in [-0.2, -0.15) is 0 Å². The van der Waals surface area contributed by atoms with Gasteiger partial charge in [0.1, 0.15) is 5.82 Å². The van der Waals surface area contributed by atoms with Crippen molar-refractivity contribution in [1.29, 1.82) is 0 Å². The highest BCUT2D eigenvalue weighted by Crippen LogP contribution is 2.23. The van der Waals surface area contributed by atoms with Gasteiger partial charge in [-0.05, 0) is 42.3 Å². The average molecular weight is 320 g/mol. The third-order valence-corrected chi connectivity index (χ3v) is 4.00. The van der Waals surface area contributed by atoms with Crippen LogP contribution in [0.5, 0.6) is 0 Å². The van der Waals surface area contributed by atoms with Crippen molar-refractivity contribution in [3.8, 4) is 0 Å². The van der Waals surface area contributed by atoms with Crippen molar-refractivity contribution in [1.82, 2.24) is 14.5 Å². The molecule has 0 saturated carbocycles. The first-order valence-corrected chi connectivity index (χ1v) is 7.70. The van der Waals surface area contributed by atoms with E-state index in [1.165, 1.54) is 11.1 Å². The lowest BCUT2D eigenvalue weighted by Gasteiger charge is -2.10. The molecule has 21 heavy (non-hydrogen) atoms. The van der Waals surface area contributed by atoms with Gasteiger partial charge in [-0.15, -0.1) is 11.6 Å². The normalized spacial score (nSPS) is 11.2. The largest absolute Gasteiger partial charge is 0.323 e. The van der Waals surface area contributed by atoms with Crippen molar-refractivity contribution in [2.45, 2.75) is 19.9 Å². The molecule has 0 spiro atoms. The van der Waals surface area contributed by atoms with Gasteiger partial charge < -0.3 is 4.57 Å². The zero-order valence-electron chi connectivity index (χ0n) is 11.7. The molecule has 3 nitrogen and oxygen atoms in total. The smallest absolute Gasteiger partial charge is 0.111 e. The monoisotopic (exact) mass is 319 g/mol. The molecule has 0 atom stereocenters. The summed E-state index contributed by atoms with van der Waals surface area (Å²) in [6, 6.07) is 7.84. The second kappa shape index (κ2) is 6.04. The van der Waals surface area contributed by atoms with E-state index in [1.54, 1.807) is 0 Å². The number of pyridine rings is 1. The van der Waals surface area contributed by atoms with Gasteiger partial charge in [0.2, 0.25) is 0 Å². The number of aryl methyl sites for hydroxylation is 2. The number of aromatic nitrogens is 3. The van der Waals surface area contributed by atoms with Crippen molar-refractivity contribution < 1.29 is 0 Å². The summed E-state index contributed by atoms with van der Waals surface area (Å²) in [7, 11) is 0. The van der Waals surface area contributed by atoms with E-state index in [0.29, 0.717) is 10.9 Å². The van der Waals surface area contributed by atoms with Crippen molar-refractivity contribution >= 4 is 34.2 Å². The van der Waals surface area contributed by atoms with Crippen LogP contribution in [0.15, 0.2) is 36.7 Å². The third-order valence-electron chi connectivity index (χ3n) is 3.57. The summed E-state index contributed by atoms with van der Waals surface area (Å²) in [5.74, 6) is 1.53. The first-order chi connectivity index (χ1) is 10.2. The molecule has 3 rings (SSSR count). The molecule has 2 heterocycles. The van der Waals surface area contributed by atoms with Crippen LogP contribution >= 0.6 is 23.2 Å². The molecule has 0 saturated heterocycles. The van der Waals surface area contributed by atoms with E-state index in [2.05, 4.69) is 21.5 Å². The summed E-state index contributed by atoms with van der Waals surface area (Å²) in [5.41, 5.74) is 4.39. The van der Waals surface area contributed by atoms with Crippen LogP contribution < -0.4 is 0 Å². The van der Waals surface area contributed by atoms with Crippen LogP contribution in [0.3, 0.4) is 0 Å². The Balaban J connectivity index is 2.11. The van der Waals surface area contributed by atoms with E-state index in [9.17, 15) is 0 Å². The molecule has 108 valence electrons. The Kier molecular flexibility index (Phi) is 4.13. The second-order valence-corrected chi connectivity index (χ2v) is 5.80. The number of rotatable bonds is 4. The summed E-state index contributed by atoms with van der Waals surface area (Å²) in [5, 5.41) is 0.699. The number of imidazole rings is 1. The Bertz CT molecular complexity index is 780. The zero-order valence-corrected chi connectivity index (χ0v) is 13.2. The fourth-order valence-corrected chi connectivity index (χ4v) is 2.79. The van der Waals surface area contributed by atoms with Crippen LogP contribution in [0, 0.1) is 6.92 Å². The topological polar surface area (TPSA) is 30.7 Å². The molecular weight excluding hydrogens is 305 g/mol. The predicted octanol–water partition coefficient (Wildman–Crippen LogP) is 4.22. The predicted molar refractivity (Wildman–Crippen MR) is 87.2 cm³/mol. The molecule has 0 radical (unpaired) electrons. The van der Waals surface area contributed by atoms with Crippen LogP contribution in [-0.2, 0) is 13.0 Å². The van der Waals surface area contributed by atoms with Gasteiger partial charge in [-0.1, -0.05) is 11.6 Å². The Morgan fingerprint density at radius 1 is 1.24 bits per heavy atom. The van der Waals surface area contributed by atoms with Crippen LogP contribution in [-0.4, -0.2) is 20.4 Å². The van der Waals surface area contributed by atoms with Gasteiger partial charge in [0.05, 0.1) is 11.0 Å². The van der Waals surface area contributed by atoms with Crippen molar-refractivity contribution in [2.75, 3.05) is 5.88 Å². The quantitative estimate of drug-likeness (QED) is 0.674. The standard InChI is InChI=1S/C16H15Cl2N3/c1-11-9-19-7-5-12(11)10-21-15-3-2-13(18)8-14(15)20-16(21)4-6-17/h2-3,5,7-9H,4,6,10H2,1H3. The Morgan fingerprint density at radius 2 is 2.10 bits per heavy atom. The van der Waals surface area contributed by atoms with Gasteiger partial charge in [-0.3, -0.25) is 4.98 Å². The minimum atomic E-state index is 0.548. The van der Waals surface area contributed by atoms with E-state index in [4.69, 9.17) is 23.2 Å². The van der Waals surface area contributed by atoms with E-state index < -0.39 is 0 Å². The second-order valence-electron chi connectivity index (χ2n) is 4.99. The van der Waals surface area contributed by atoms with Gasteiger partial charge >= 0.3 is 0 Å². The van der Waals surface area contributed by atoms with E-state index >= 15 is 0 Å². The molecule has 0 aliphatic rings. The van der Waals surface area contributed by atoms with Gasteiger partial charge in [-0.25, -0.2) is 4.98 Å². The fourth-order valence-electron chi connectivity index (χ4n) is 2.45. The Labute approximate surface area is 133 Å². The number of hydrogen-bond donors (Lipinski definition) is 0. The number of hydrogen-bond acceptors (Lipinski definition) is 2. The lowest BCUT2D eigenvalue weighted by molar-refractivity contribution is 0.750. The number of alkyl halides is 1. The molecule has 0 fully saturated rings. The molecule has 0 unspecified atom stereocenters. The van der Waals surface area contributed by atoms with Crippen molar-refractivity contribution in [2.24, 2.45) is 0 Å². The summed E-state index contributed by atoms with van der Waals surface area (Å²) in [6.45, 7) is 2.83. The van der Waals surface area contributed by atoms with E-state index in [-0.39, 0.29) is 0 Å². The Hall–Kier alpha value is -1.58. The highest BCUT2D eigenvalue weighted by atomic mass is 35.5. The zero-order chi connectivity index (χ0) is 14.8. The molecule has 0 bridgehead atoms. The summed E-state index contributed by atoms with van der Waals surface area (Å²) in [6.07, 6.45) is 4.43. The molecule has 0 aliphatic carbocycles. The number of nitrogens with zero attached hydrogens (tertiary/aromatic N) is 3. The Morgan fingerprint density at radius 3 is 2.86 bits per heavy atom. The fraction of sp³-hybridized carbons (Fsp3) is 0.250. The van der Waals surface area contributed by atoms with Crippen molar-refractivity contribution in [3.05, 3.63) is 58.6 Å². The summed E-state index contributed by atoms with van der Waals surface area (Å²) < 4.78 is 2.20. The van der Waals surface area contributed by atoms with Gasteiger partial charge in [0.15, 0.2) is 0 Å². The highest BCUT2D eigenvalue weighted by Gasteiger charge is 2.12. The lowest BCUT2D eigenvalue weighted by atomic mass is 10.1. The number of benzene rings is 1. The SMILES string of the molecule is Cc1cnccc1Cn1c(CCCl)nc2cc(Cl)ccc21. The number of fused-ring (bicyclic) bond motifs is 1. The van der Waals surface area contributed by atoms with Crippen LogP contribution in [0.4, 0.5) is 0 Å². The number of halogens is 2. The summed E-state index contributed by atoms with van der Waals surface area (Å²) in [4.78, 5) is 8.81. The minimum Gasteiger partial charge on any atom is -0.323 e. The molecule has 0 amide bonds. The van der Waals surface area contributed by atoms with Gasteiger partial charge in [0, 0.05) is 36.3 Å². The maximum Gasteiger partial charge on any atom is 0.111 e. The molecule has 3 aromatic rings. The van der Waals surface area contributed by atoms with Gasteiger partial charge in [0.25, 0.3) is 0 Å². The first kappa shape index (κ1) is 14.4. The first-order valence-electron chi connectivity index (χ1n) is 6.79. The van der Waals surface area contributed by atoms with Crippen molar-refractivity contribution in [3.63, 3.8) is 0 Å². The third kappa shape index (κ3) is 2.89. The molecule has 2 aromatic heterocycles. The van der Waals surface area contributed by atoms with Crippen LogP contribution in [0.25, 0.3) is 11.0 Å². The molecule has 1 aromatic carbocycles. The maximum atomic E-state index is 6.06. The van der Waals surface area contributed by atoms with Crippen LogP contribution in [0.1, 0.15) is 17.0 Å². The molecular formula is C16H15Cl2N3. The average Bonchev–Trinajstić information content (AvgIpc) is 2.79. The van der Waals surface area contributed by atoms with Crippen LogP contribution in [0.2, 0.25) is 5.02 Å². The molecule has 5 heteroatoms. The highest BCUT2D eigenvalue weighted by molar-refractivity contribution is 6.31. The maximum absolute atomic E-state index is 6.06. The van der Waals surface area contributed by atoms with E-state index in [0.717, 1.165) is 29.8 Å². The summed E-state index contributed by atoms with van der Waals surface area (Å²) >= 11 is 12.0. The molecule has 0 N–H and O–H groups in total. The molecule has 0 aliphatic heterocycles. The lowest BCUT2D eigenvalue weighted by Crippen LogP contribution is -2.07. The van der Waals surface area contributed by atoms with E-state index in [1.807, 2.05) is 36.7 Å². The minimum absolute atomic E-state index is 0.548.